The van der Waals surface area contributed by atoms with Gasteiger partial charge in [-0.25, -0.2) is 14.3 Å². The van der Waals surface area contributed by atoms with Gasteiger partial charge in [-0.05, 0) is 31.2 Å². The normalized spacial score (nSPS) is 12.8. The molecule has 0 aliphatic heterocycles. The molecule has 0 amide bonds. The quantitative estimate of drug-likeness (QED) is 0.401. The van der Waals surface area contributed by atoms with E-state index in [9.17, 15) is 20.3 Å². The van der Waals surface area contributed by atoms with E-state index in [1.165, 1.54) is 41.8 Å². The van der Waals surface area contributed by atoms with Crippen LogP contribution in [0.1, 0.15) is 22.8 Å². The van der Waals surface area contributed by atoms with Gasteiger partial charge >= 0.3 is 5.97 Å². The number of methoxy groups -OCH3 is 1. The number of fused-ring (bicyclic) bond motifs is 1. The van der Waals surface area contributed by atoms with Crippen molar-refractivity contribution in [2.24, 2.45) is 0 Å². The molecule has 4 rings (SSSR count). The van der Waals surface area contributed by atoms with Crippen LogP contribution in [0.25, 0.3) is 16.9 Å². The highest BCUT2D eigenvalue weighted by atomic mass is 16.5. The Kier molecular flexibility index (Phi) is 5.78. The summed E-state index contributed by atoms with van der Waals surface area (Å²) in [6, 6.07) is 8.49. The lowest BCUT2D eigenvalue weighted by molar-refractivity contribution is -0.0145. The van der Waals surface area contributed by atoms with Crippen molar-refractivity contribution in [3.8, 4) is 28.8 Å². The van der Waals surface area contributed by atoms with Crippen LogP contribution in [0.15, 0.2) is 49.1 Å². The summed E-state index contributed by atoms with van der Waals surface area (Å²) >= 11 is 0. The third-order valence-corrected chi connectivity index (χ3v) is 4.86. The molecule has 0 saturated heterocycles. The summed E-state index contributed by atoms with van der Waals surface area (Å²) < 4.78 is 13.9. The molecule has 0 aliphatic rings. The first-order chi connectivity index (χ1) is 15.8. The number of ether oxygens (including phenoxy) is 2. The Bertz CT molecular complexity index is 1370. The summed E-state index contributed by atoms with van der Waals surface area (Å²) in [6.07, 6.45) is 5.96. The molecule has 3 aromatic heterocycles. The van der Waals surface area contributed by atoms with E-state index in [0.717, 1.165) is 0 Å². The number of carbonyl (C=O) groups excluding carboxylic acids is 1. The van der Waals surface area contributed by atoms with Gasteiger partial charge in [-0.1, -0.05) is 0 Å². The predicted molar refractivity (Wildman–Crippen MR) is 115 cm³/mol. The van der Waals surface area contributed by atoms with Crippen molar-refractivity contribution in [3.63, 3.8) is 0 Å². The molecule has 2 N–H and O–H groups in total. The minimum absolute atomic E-state index is 0.0670. The number of aliphatic hydroxyl groups excluding tert-OH is 1. The summed E-state index contributed by atoms with van der Waals surface area (Å²) in [7, 11) is 1.47. The van der Waals surface area contributed by atoms with Gasteiger partial charge in [-0.15, -0.1) is 0 Å². The van der Waals surface area contributed by atoms with Crippen molar-refractivity contribution in [2.75, 3.05) is 13.7 Å². The second-order valence-electron chi connectivity index (χ2n) is 7.56. The SMILES string of the molecule is COc1ccc(C#N)cc1-c1nn(CC(C)(O)CO)cc1OC(=O)c1cnn2cccnc12. The zero-order valence-electron chi connectivity index (χ0n) is 17.8. The molecule has 11 nitrogen and oxygen atoms in total. The van der Waals surface area contributed by atoms with E-state index in [-0.39, 0.29) is 23.6 Å². The van der Waals surface area contributed by atoms with E-state index in [1.54, 1.807) is 30.5 Å². The topological polar surface area (TPSA) is 148 Å². The highest BCUT2D eigenvalue weighted by molar-refractivity contribution is 5.97. The minimum Gasteiger partial charge on any atom is -0.496 e. The lowest BCUT2D eigenvalue weighted by Crippen LogP contribution is -2.34. The molecule has 0 radical (unpaired) electrons. The van der Waals surface area contributed by atoms with Gasteiger partial charge in [0.2, 0.25) is 0 Å². The van der Waals surface area contributed by atoms with Gasteiger partial charge in [-0.3, -0.25) is 4.68 Å². The number of hydrogen-bond donors (Lipinski definition) is 2. The number of aromatic nitrogens is 5. The van der Waals surface area contributed by atoms with Gasteiger partial charge in [0.25, 0.3) is 0 Å². The maximum atomic E-state index is 13.0. The van der Waals surface area contributed by atoms with Crippen LogP contribution in [0.5, 0.6) is 11.5 Å². The van der Waals surface area contributed by atoms with Crippen LogP contribution in [0.3, 0.4) is 0 Å². The Morgan fingerprint density at radius 1 is 1.33 bits per heavy atom. The van der Waals surface area contributed by atoms with Gasteiger partial charge in [0, 0.05) is 18.0 Å². The van der Waals surface area contributed by atoms with Crippen LogP contribution < -0.4 is 9.47 Å². The highest BCUT2D eigenvalue weighted by Gasteiger charge is 2.26. The number of esters is 1. The Labute approximate surface area is 188 Å². The number of aliphatic hydroxyl groups is 2. The summed E-state index contributed by atoms with van der Waals surface area (Å²) in [5, 5.41) is 37.5. The van der Waals surface area contributed by atoms with Crippen molar-refractivity contribution < 1.29 is 24.5 Å². The van der Waals surface area contributed by atoms with Gasteiger partial charge in [0.1, 0.15) is 22.6 Å². The molecule has 168 valence electrons. The van der Waals surface area contributed by atoms with Crippen LogP contribution in [-0.4, -0.2) is 59.9 Å². The van der Waals surface area contributed by atoms with Gasteiger partial charge in [0.05, 0.1) is 44.3 Å². The highest BCUT2D eigenvalue weighted by Crippen LogP contribution is 2.36. The first-order valence-electron chi connectivity index (χ1n) is 9.85. The molecule has 0 saturated carbocycles. The summed E-state index contributed by atoms with van der Waals surface area (Å²) in [5.41, 5.74) is -0.00433. The second kappa shape index (κ2) is 8.70. The van der Waals surface area contributed by atoms with E-state index in [0.29, 0.717) is 22.5 Å². The van der Waals surface area contributed by atoms with Crippen LogP contribution in [0.4, 0.5) is 0 Å². The molecule has 1 unspecified atom stereocenters. The van der Waals surface area contributed by atoms with E-state index < -0.39 is 18.2 Å². The zero-order chi connectivity index (χ0) is 23.6. The lowest BCUT2D eigenvalue weighted by Gasteiger charge is -2.19. The average molecular weight is 448 g/mol. The smallest absolute Gasteiger partial charge is 0.349 e. The molecule has 11 heteroatoms. The second-order valence-corrected chi connectivity index (χ2v) is 7.56. The number of hydrogen-bond acceptors (Lipinski definition) is 9. The minimum atomic E-state index is -1.46. The number of carbonyl (C=O) groups is 1. The van der Waals surface area contributed by atoms with Crippen molar-refractivity contribution in [2.45, 2.75) is 19.1 Å². The molecule has 0 spiro atoms. The van der Waals surface area contributed by atoms with Crippen molar-refractivity contribution >= 4 is 11.6 Å². The van der Waals surface area contributed by atoms with Crippen LogP contribution in [-0.2, 0) is 6.54 Å². The molecule has 1 aromatic carbocycles. The summed E-state index contributed by atoms with van der Waals surface area (Å²) in [4.78, 5) is 17.1. The van der Waals surface area contributed by atoms with E-state index in [4.69, 9.17) is 9.47 Å². The molecular weight excluding hydrogens is 428 g/mol. The fourth-order valence-electron chi connectivity index (χ4n) is 3.23. The fourth-order valence-corrected chi connectivity index (χ4v) is 3.23. The van der Waals surface area contributed by atoms with Crippen molar-refractivity contribution in [1.29, 1.82) is 5.26 Å². The molecule has 1 atom stereocenters. The van der Waals surface area contributed by atoms with Crippen LogP contribution >= 0.6 is 0 Å². The number of rotatable bonds is 7. The Morgan fingerprint density at radius 2 is 2.15 bits per heavy atom. The maximum Gasteiger partial charge on any atom is 0.349 e. The molecule has 0 aliphatic carbocycles. The molecular formula is C22H20N6O5. The average Bonchev–Trinajstić information content (AvgIpc) is 3.42. The first kappa shape index (κ1) is 21.9. The third-order valence-electron chi connectivity index (χ3n) is 4.86. The third kappa shape index (κ3) is 4.38. The van der Waals surface area contributed by atoms with Gasteiger partial charge < -0.3 is 19.7 Å². The van der Waals surface area contributed by atoms with Crippen LogP contribution in [0, 0.1) is 11.3 Å². The number of nitriles is 1. The molecule has 0 bridgehead atoms. The Balaban J connectivity index is 1.79. The van der Waals surface area contributed by atoms with E-state index >= 15 is 0 Å². The molecule has 0 fully saturated rings. The number of nitrogens with zero attached hydrogens (tertiary/aromatic N) is 6. The Morgan fingerprint density at radius 3 is 2.88 bits per heavy atom. The predicted octanol–water partition coefficient (Wildman–Crippen LogP) is 1.44. The van der Waals surface area contributed by atoms with Crippen molar-refractivity contribution in [1.82, 2.24) is 24.4 Å². The van der Waals surface area contributed by atoms with Crippen LogP contribution in [0.2, 0.25) is 0 Å². The van der Waals surface area contributed by atoms with E-state index in [2.05, 4.69) is 21.3 Å². The summed E-state index contributed by atoms with van der Waals surface area (Å²) in [5.74, 6) is -0.241. The molecule has 33 heavy (non-hydrogen) atoms. The number of benzene rings is 1. The maximum absolute atomic E-state index is 13.0. The van der Waals surface area contributed by atoms with Gasteiger partial charge in [-0.2, -0.15) is 15.5 Å². The molecule has 4 aromatic rings. The summed E-state index contributed by atoms with van der Waals surface area (Å²) in [6.45, 7) is 0.868. The first-order valence-corrected chi connectivity index (χ1v) is 9.85. The molecule has 3 heterocycles. The largest absolute Gasteiger partial charge is 0.496 e. The van der Waals surface area contributed by atoms with Gasteiger partial charge in [0.15, 0.2) is 11.4 Å². The van der Waals surface area contributed by atoms with E-state index in [1.807, 2.05) is 0 Å². The standard InChI is InChI=1S/C22H20N6O5/c1-22(31,13-29)12-27-11-18(19(26-27)15-8-14(9-23)4-5-17(15)32-2)33-21(30)16-10-25-28-7-3-6-24-20(16)28/h3-8,10-11,29,31H,12-13H2,1-2H3. The lowest BCUT2D eigenvalue weighted by atomic mass is 10.1. The fraction of sp³-hybridized carbons (Fsp3) is 0.227. The zero-order valence-corrected chi connectivity index (χ0v) is 17.8. The Hall–Kier alpha value is -4.27. The van der Waals surface area contributed by atoms with Crippen molar-refractivity contribution in [3.05, 3.63) is 60.2 Å². The monoisotopic (exact) mass is 448 g/mol.